The molecule has 0 amide bonds. The van der Waals surface area contributed by atoms with Crippen LogP contribution >= 0.6 is 0 Å². The molecule has 0 aliphatic heterocycles. The van der Waals surface area contributed by atoms with Crippen molar-refractivity contribution in [3.63, 3.8) is 0 Å². The molecule has 5 aromatic carbocycles. The van der Waals surface area contributed by atoms with E-state index in [0.717, 1.165) is 87.3 Å². The molecule has 0 bridgehead atoms. The summed E-state index contributed by atoms with van der Waals surface area (Å²) in [7, 11) is 0. The predicted octanol–water partition coefficient (Wildman–Crippen LogP) is 10.6. The van der Waals surface area contributed by atoms with Crippen LogP contribution in [0.15, 0.2) is 146 Å². The van der Waals surface area contributed by atoms with Crippen molar-refractivity contribution in [3.8, 4) is 34.2 Å². The van der Waals surface area contributed by atoms with E-state index in [9.17, 15) is 0 Å². The van der Waals surface area contributed by atoms with E-state index in [4.69, 9.17) is 19.9 Å². The molecule has 0 fully saturated rings. The first-order chi connectivity index (χ1) is 26.3. The SMILES string of the molecule is C1=CC(c2nc(-c3ccccc3)nc(-c3cccc(-n4c5ccccc5c5ccc6c(c54)n(-c4ccccc4)c4nc5c(n64)CCC=C5)c3)n2)=CCC1. The Bertz CT molecular complexity index is 2990. The second kappa shape index (κ2) is 11.9. The van der Waals surface area contributed by atoms with Crippen LogP contribution in [0.4, 0.5) is 0 Å². The van der Waals surface area contributed by atoms with Crippen LogP contribution in [0.2, 0.25) is 0 Å². The molecule has 7 nitrogen and oxygen atoms in total. The summed E-state index contributed by atoms with van der Waals surface area (Å²) in [6.45, 7) is 0. The van der Waals surface area contributed by atoms with E-state index >= 15 is 0 Å². The number of fused-ring (bicyclic) bond motifs is 9. The molecule has 0 radical (unpaired) electrons. The molecule has 7 heteroatoms. The van der Waals surface area contributed by atoms with Crippen molar-refractivity contribution >= 4 is 50.3 Å². The van der Waals surface area contributed by atoms with E-state index in [1.165, 1.54) is 16.5 Å². The van der Waals surface area contributed by atoms with Gasteiger partial charge in [-0.2, -0.15) is 0 Å². The normalized spacial score (nSPS) is 14.1. The maximum absolute atomic E-state index is 5.26. The second-order valence-electron chi connectivity index (χ2n) is 13.7. The van der Waals surface area contributed by atoms with Crippen molar-refractivity contribution in [2.45, 2.75) is 25.7 Å². The van der Waals surface area contributed by atoms with Crippen molar-refractivity contribution < 1.29 is 0 Å². The Morgan fingerprint density at radius 1 is 0.491 bits per heavy atom. The zero-order valence-corrected chi connectivity index (χ0v) is 28.9. The van der Waals surface area contributed by atoms with Crippen molar-refractivity contribution in [2.75, 3.05) is 0 Å². The van der Waals surface area contributed by atoms with E-state index in [0.29, 0.717) is 17.5 Å². The average Bonchev–Trinajstić information content (AvgIpc) is 3.89. The van der Waals surface area contributed by atoms with Crippen molar-refractivity contribution in [1.82, 2.24) is 33.5 Å². The van der Waals surface area contributed by atoms with Crippen molar-refractivity contribution in [2.24, 2.45) is 0 Å². The van der Waals surface area contributed by atoms with Crippen molar-refractivity contribution in [3.05, 3.63) is 163 Å². The first-order valence-electron chi connectivity index (χ1n) is 18.3. The first-order valence-corrected chi connectivity index (χ1v) is 18.3. The number of benzene rings is 5. The van der Waals surface area contributed by atoms with Gasteiger partial charge in [0.05, 0.1) is 33.5 Å². The number of para-hydroxylation sites is 2. The maximum Gasteiger partial charge on any atom is 0.220 e. The van der Waals surface area contributed by atoms with Gasteiger partial charge in [0.25, 0.3) is 0 Å². The highest BCUT2D eigenvalue weighted by Crippen LogP contribution is 2.40. The summed E-state index contributed by atoms with van der Waals surface area (Å²) in [5.41, 5.74) is 11.9. The van der Waals surface area contributed by atoms with Gasteiger partial charge in [0, 0.05) is 38.8 Å². The molecule has 252 valence electrons. The second-order valence-corrected chi connectivity index (χ2v) is 13.7. The third-order valence-electron chi connectivity index (χ3n) is 10.6. The Hall–Kier alpha value is -6.86. The zero-order valence-electron chi connectivity index (χ0n) is 28.9. The fraction of sp³-hybridized carbons (Fsp3) is 0.0870. The average molecular weight is 684 g/mol. The van der Waals surface area contributed by atoms with E-state index in [2.05, 4.69) is 147 Å². The van der Waals surface area contributed by atoms with Gasteiger partial charge in [0.2, 0.25) is 5.78 Å². The van der Waals surface area contributed by atoms with E-state index < -0.39 is 0 Å². The quantitative estimate of drug-likeness (QED) is 0.181. The fourth-order valence-corrected chi connectivity index (χ4v) is 8.18. The van der Waals surface area contributed by atoms with Crippen LogP contribution in [0.25, 0.3) is 84.4 Å². The Labute approximate surface area is 305 Å². The van der Waals surface area contributed by atoms with Crippen molar-refractivity contribution in [1.29, 1.82) is 0 Å². The molecule has 0 saturated heterocycles. The largest absolute Gasteiger partial charge is 0.307 e. The van der Waals surface area contributed by atoms with Gasteiger partial charge >= 0.3 is 0 Å². The molecular weight excluding hydrogens is 651 g/mol. The monoisotopic (exact) mass is 683 g/mol. The van der Waals surface area contributed by atoms with Crippen LogP contribution in [0, 0.1) is 0 Å². The molecule has 4 heterocycles. The molecule has 0 unspecified atom stereocenters. The number of rotatable bonds is 5. The van der Waals surface area contributed by atoms with E-state index in [-0.39, 0.29) is 0 Å². The Morgan fingerprint density at radius 3 is 2.08 bits per heavy atom. The summed E-state index contributed by atoms with van der Waals surface area (Å²) in [5.74, 6) is 2.93. The zero-order chi connectivity index (χ0) is 34.9. The van der Waals surface area contributed by atoms with Gasteiger partial charge < -0.3 is 4.57 Å². The van der Waals surface area contributed by atoms with Gasteiger partial charge in [-0.3, -0.25) is 8.97 Å². The third-order valence-corrected chi connectivity index (χ3v) is 10.6. The lowest BCUT2D eigenvalue weighted by molar-refractivity contribution is 0.920. The summed E-state index contributed by atoms with van der Waals surface area (Å²) >= 11 is 0. The lowest BCUT2D eigenvalue weighted by Crippen LogP contribution is -2.04. The van der Waals surface area contributed by atoms with Crippen LogP contribution < -0.4 is 0 Å². The number of allylic oxidation sites excluding steroid dienone is 5. The molecule has 2 aliphatic rings. The lowest BCUT2D eigenvalue weighted by atomic mass is 10.1. The van der Waals surface area contributed by atoms with Gasteiger partial charge in [0.15, 0.2) is 17.5 Å². The third kappa shape index (κ3) is 4.67. The molecular formula is C46H33N7. The minimum Gasteiger partial charge on any atom is -0.307 e. The van der Waals surface area contributed by atoms with Gasteiger partial charge in [-0.1, -0.05) is 103 Å². The summed E-state index contributed by atoms with van der Waals surface area (Å²) in [4.78, 5) is 20.4. The van der Waals surface area contributed by atoms with Crippen LogP contribution in [0.5, 0.6) is 0 Å². The standard InChI is InChI=1S/C46H33N7/c1-4-15-30(16-5-1)43-48-44(31-17-6-2-7-18-31)50-45(49-43)32-19-14-22-34(29-32)51-38-25-12-10-23-35(38)36-27-28-40-42(41(36)51)52(33-20-8-3-9-21-33)46-47-37-24-11-13-26-39(37)53(40)46/h1,3-6,8-12,14-25,27-29H,2,7,13,26H2. The number of hydrogen-bond acceptors (Lipinski definition) is 4. The lowest BCUT2D eigenvalue weighted by Gasteiger charge is -2.13. The minimum atomic E-state index is 0.646. The molecule has 9 aromatic rings. The minimum absolute atomic E-state index is 0.646. The molecule has 53 heavy (non-hydrogen) atoms. The number of hydrogen-bond donors (Lipinski definition) is 0. The molecule has 0 atom stereocenters. The molecule has 0 N–H and O–H groups in total. The van der Waals surface area contributed by atoms with Gasteiger partial charge in [-0.05, 0) is 74.2 Å². The fourth-order valence-electron chi connectivity index (χ4n) is 8.18. The topological polar surface area (TPSA) is 65.8 Å². The van der Waals surface area contributed by atoms with Crippen LogP contribution in [-0.2, 0) is 6.42 Å². The Morgan fingerprint density at radius 2 is 1.23 bits per heavy atom. The number of nitrogens with zero attached hydrogens (tertiary/aromatic N) is 7. The summed E-state index contributed by atoms with van der Waals surface area (Å²) in [5, 5.41) is 2.39. The molecule has 0 spiro atoms. The molecule has 0 saturated carbocycles. The number of aromatic nitrogens is 7. The highest BCUT2D eigenvalue weighted by Gasteiger charge is 2.26. The molecule has 11 rings (SSSR count). The van der Waals surface area contributed by atoms with E-state index in [1.807, 2.05) is 18.2 Å². The van der Waals surface area contributed by atoms with Crippen LogP contribution in [0.3, 0.4) is 0 Å². The Kier molecular flexibility index (Phi) is 6.67. The van der Waals surface area contributed by atoms with Gasteiger partial charge in [0.1, 0.15) is 0 Å². The van der Waals surface area contributed by atoms with Gasteiger partial charge in [-0.15, -0.1) is 0 Å². The number of aryl methyl sites for hydroxylation is 1. The summed E-state index contributed by atoms with van der Waals surface area (Å²) < 4.78 is 7.14. The first kappa shape index (κ1) is 29.8. The molecule has 2 aliphatic carbocycles. The van der Waals surface area contributed by atoms with Gasteiger partial charge in [-0.25, -0.2) is 19.9 Å². The van der Waals surface area contributed by atoms with Crippen LogP contribution in [-0.4, -0.2) is 33.5 Å². The smallest absolute Gasteiger partial charge is 0.220 e. The van der Waals surface area contributed by atoms with Crippen LogP contribution in [0.1, 0.15) is 36.5 Å². The molecule has 4 aromatic heterocycles. The summed E-state index contributed by atoms with van der Waals surface area (Å²) in [6, 6.07) is 42.7. The predicted molar refractivity (Wildman–Crippen MR) is 214 cm³/mol. The summed E-state index contributed by atoms with van der Waals surface area (Å²) in [6.07, 6.45) is 14.9. The maximum atomic E-state index is 5.26. The highest BCUT2D eigenvalue weighted by atomic mass is 15.2. The number of imidazole rings is 2. The highest BCUT2D eigenvalue weighted by molar-refractivity contribution is 6.18. The Balaban J connectivity index is 1.20. The van der Waals surface area contributed by atoms with E-state index in [1.54, 1.807) is 0 Å².